The SMILES string of the molecule is COc1cc2sc(CNC(=O)OC(C)(C)C)nc2cc1SCc1ccccc1. The average Bonchev–Trinajstić information content (AvgIpc) is 3.05. The fraction of sp³-hybridized carbons (Fsp3) is 0.333. The van der Waals surface area contributed by atoms with Gasteiger partial charge in [-0.3, -0.25) is 0 Å². The molecule has 3 rings (SSSR count). The third-order valence-electron chi connectivity index (χ3n) is 3.74. The van der Waals surface area contributed by atoms with E-state index >= 15 is 0 Å². The zero-order valence-corrected chi connectivity index (χ0v) is 18.1. The molecule has 1 aromatic heterocycles. The predicted octanol–water partition coefficient (Wildman–Crippen LogP) is 5.62. The molecule has 5 nitrogen and oxygen atoms in total. The van der Waals surface area contributed by atoms with Crippen LogP contribution in [0.25, 0.3) is 10.2 Å². The third-order valence-corrected chi connectivity index (χ3v) is 5.86. The fourth-order valence-corrected chi connectivity index (χ4v) is 4.44. The van der Waals surface area contributed by atoms with Gasteiger partial charge in [-0.05, 0) is 32.4 Å². The summed E-state index contributed by atoms with van der Waals surface area (Å²) in [6.07, 6.45) is -0.441. The van der Waals surface area contributed by atoms with Gasteiger partial charge in [0.05, 0.1) is 28.8 Å². The van der Waals surface area contributed by atoms with Crippen LogP contribution >= 0.6 is 23.1 Å². The Morgan fingerprint density at radius 2 is 1.96 bits per heavy atom. The summed E-state index contributed by atoms with van der Waals surface area (Å²) in [6, 6.07) is 14.4. The zero-order chi connectivity index (χ0) is 20.1. The highest BCUT2D eigenvalue weighted by Gasteiger charge is 2.17. The van der Waals surface area contributed by atoms with Crippen LogP contribution in [-0.2, 0) is 17.0 Å². The van der Waals surface area contributed by atoms with Gasteiger partial charge in [-0.1, -0.05) is 30.3 Å². The minimum atomic E-state index is -0.518. The smallest absolute Gasteiger partial charge is 0.408 e. The number of rotatable bonds is 6. The van der Waals surface area contributed by atoms with Gasteiger partial charge in [0.1, 0.15) is 16.4 Å². The van der Waals surface area contributed by atoms with E-state index in [2.05, 4.69) is 28.5 Å². The summed E-state index contributed by atoms with van der Waals surface area (Å²) < 4.78 is 11.9. The number of hydrogen-bond donors (Lipinski definition) is 1. The highest BCUT2D eigenvalue weighted by atomic mass is 32.2. The molecule has 3 aromatic rings. The Bertz CT molecular complexity index is 949. The normalized spacial score (nSPS) is 11.4. The number of nitrogens with zero attached hydrogens (tertiary/aromatic N) is 1. The fourth-order valence-electron chi connectivity index (χ4n) is 2.53. The lowest BCUT2D eigenvalue weighted by Gasteiger charge is -2.19. The second-order valence-corrected chi connectivity index (χ2v) is 9.34. The van der Waals surface area contributed by atoms with Gasteiger partial charge in [-0.2, -0.15) is 0 Å². The van der Waals surface area contributed by atoms with Gasteiger partial charge in [0.15, 0.2) is 0 Å². The van der Waals surface area contributed by atoms with E-state index in [1.807, 2.05) is 45.0 Å². The summed E-state index contributed by atoms with van der Waals surface area (Å²) in [5.74, 6) is 1.70. The minimum absolute atomic E-state index is 0.336. The molecule has 148 valence electrons. The number of methoxy groups -OCH3 is 1. The summed E-state index contributed by atoms with van der Waals surface area (Å²) in [6.45, 7) is 5.85. The molecule has 1 N–H and O–H groups in total. The number of fused-ring (bicyclic) bond motifs is 1. The number of benzene rings is 2. The summed E-state index contributed by atoms with van der Waals surface area (Å²) in [5, 5.41) is 3.58. The number of carbonyl (C=O) groups is 1. The summed E-state index contributed by atoms with van der Waals surface area (Å²) in [5.41, 5.74) is 1.65. The van der Waals surface area contributed by atoms with Gasteiger partial charge in [0, 0.05) is 11.8 Å². The maximum atomic E-state index is 11.8. The van der Waals surface area contributed by atoms with Crippen molar-refractivity contribution in [3.05, 3.63) is 53.0 Å². The summed E-state index contributed by atoms with van der Waals surface area (Å²) in [7, 11) is 1.68. The third kappa shape index (κ3) is 5.62. The minimum Gasteiger partial charge on any atom is -0.496 e. The molecule has 0 radical (unpaired) electrons. The predicted molar refractivity (Wildman–Crippen MR) is 115 cm³/mol. The Balaban J connectivity index is 1.71. The van der Waals surface area contributed by atoms with Crippen LogP contribution in [0.1, 0.15) is 31.3 Å². The van der Waals surface area contributed by atoms with Crippen molar-refractivity contribution in [1.29, 1.82) is 0 Å². The molecule has 0 bridgehead atoms. The van der Waals surface area contributed by atoms with Crippen molar-refractivity contribution in [3.63, 3.8) is 0 Å². The number of amides is 1. The first kappa shape index (κ1) is 20.5. The van der Waals surface area contributed by atoms with Crippen molar-refractivity contribution in [2.75, 3.05) is 7.11 Å². The van der Waals surface area contributed by atoms with Gasteiger partial charge in [-0.25, -0.2) is 9.78 Å². The standard InChI is InChI=1S/C21H24N2O3S2/c1-21(2,3)26-20(24)22-12-19-23-15-10-18(16(25-4)11-17(15)28-19)27-13-14-8-6-5-7-9-14/h5-11H,12-13H2,1-4H3,(H,22,24). The molecule has 0 atom stereocenters. The van der Waals surface area contributed by atoms with E-state index in [1.165, 1.54) is 16.9 Å². The highest BCUT2D eigenvalue weighted by molar-refractivity contribution is 7.98. The molecule has 0 saturated carbocycles. The molecule has 0 saturated heterocycles. The molecule has 1 amide bonds. The van der Waals surface area contributed by atoms with E-state index in [9.17, 15) is 4.79 Å². The second-order valence-electron chi connectivity index (χ2n) is 7.21. The number of alkyl carbamates (subject to hydrolysis) is 1. The number of hydrogen-bond acceptors (Lipinski definition) is 6. The van der Waals surface area contributed by atoms with Crippen molar-refractivity contribution in [1.82, 2.24) is 10.3 Å². The van der Waals surface area contributed by atoms with Crippen LogP contribution in [0, 0.1) is 0 Å². The van der Waals surface area contributed by atoms with E-state index in [1.54, 1.807) is 18.9 Å². The van der Waals surface area contributed by atoms with E-state index in [0.29, 0.717) is 6.54 Å². The Hall–Kier alpha value is -2.25. The number of thioether (sulfide) groups is 1. The molecule has 2 aromatic carbocycles. The average molecular weight is 417 g/mol. The van der Waals surface area contributed by atoms with Crippen molar-refractivity contribution >= 4 is 39.4 Å². The van der Waals surface area contributed by atoms with Crippen LogP contribution < -0.4 is 10.1 Å². The Morgan fingerprint density at radius 1 is 1.21 bits per heavy atom. The topological polar surface area (TPSA) is 60.5 Å². The molecule has 0 aliphatic heterocycles. The number of thiazole rings is 1. The molecule has 0 spiro atoms. The molecule has 0 aliphatic carbocycles. The number of aromatic nitrogens is 1. The van der Waals surface area contributed by atoms with Crippen molar-refractivity contribution < 1.29 is 14.3 Å². The lowest BCUT2D eigenvalue weighted by molar-refractivity contribution is 0.0523. The molecular weight excluding hydrogens is 392 g/mol. The number of carbonyl (C=O) groups excluding carboxylic acids is 1. The van der Waals surface area contributed by atoms with Crippen LogP contribution in [0.5, 0.6) is 5.75 Å². The monoisotopic (exact) mass is 416 g/mol. The zero-order valence-electron chi connectivity index (χ0n) is 16.4. The van der Waals surface area contributed by atoms with Crippen LogP contribution in [0.15, 0.2) is 47.4 Å². The molecule has 0 aliphatic rings. The van der Waals surface area contributed by atoms with E-state index in [4.69, 9.17) is 9.47 Å². The van der Waals surface area contributed by atoms with Crippen LogP contribution in [-0.4, -0.2) is 23.8 Å². The van der Waals surface area contributed by atoms with Gasteiger partial charge in [-0.15, -0.1) is 23.1 Å². The van der Waals surface area contributed by atoms with E-state index in [-0.39, 0.29) is 0 Å². The molecule has 0 fully saturated rings. The van der Waals surface area contributed by atoms with E-state index in [0.717, 1.165) is 31.6 Å². The molecular formula is C21H24N2O3S2. The summed E-state index contributed by atoms with van der Waals surface area (Å²) in [4.78, 5) is 17.5. The van der Waals surface area contributed by atoms with Crippen molar-refractivity contribution in [2.45, 2.75) is 43.6 Å². The van der Waals surface area contributed by atoms with Gasteiger partial charge < -0.3 is 14.8 Å². The second kappa shape index (κ2) is 8.84. The molecule has 28 heavy (non-hydrogen) atoms. The number of ether oxygens (including phenoxy) is 2. The quantitative estimate of drug-likeness (QED) is 0.528. The number of nitrogens with one attached hydrogen (secondary N) is 1. The maximum Gasteiger partial charge on any atom is 0.408 e. The Morgan fingerprint density at radius 3 is 2.64 bits per heavy atom. The van der Waals surface area contributed by atoms with Gasteiger partial charge in [0.25, 0.3) is 0 Å². The van der Waals surface area contributed by atoms with Crippen LogP contribution in [0.3, 0.4) is 0 Å². The van der Waals surface area contributed by atoms with Crippen molar-refractivity contribution in [3.8, 4) is 5.75 Å². The first-order valence-electron chi connectivity index (χ1n) is 8.95. The van der Waals surface area contributed by atoms with Gasteiger partial charge in [0.2, 0.25) is 0 Å². The van der Waals surface area contributed by atoms with Crippen LogP contribution in [0.4, 0.5) is 4.79 Å². The molecule has 7 heteroatoms. The highest BCUT2D eigenvalue weighted by Crippen LogP contribution is 2.37. The van der Waals surface area contributed by atoms with E-state index < -0.39 is 11.7 Å². The Kier molecular flexibility index (Phi) is 6.46. The first-order valence-corrected chi connectivity index (χ1v) is 10.8. The van der Waals surface area contributed by atoms with Crippen molar-refractivity contribution in [2.24, 2.45) is 0 Å². The largest absolute Gasteiger partial charge is 0.496 e. The molecule has 0 unspecified atom stereocenters. The maximum absolute atomic E-state index is 11.8. The lowest BCUT2D eigenvalue weighted by Crippen LogP contribution is -2.32. The first-order chi connectivity index (χ1) is 13.3. The van der Waals surface area contributed by atoms with Crippen LogP contribution in [0.2, 0.25) is 0 Å². The summed E-state index contributed by atoms with van der Waals surface area (Å²) >= 11 is 3.26. The van der Waals surface area contributed by atoms with Gasteiger partial charge >= 0.3 is 6.09 Å². The Labute approximate surface area is 173 Å². The molecule has 1 heterocycles. The lowest BCUT2D eigenvalue weighted by atomic mass is 10.2.